The van der Waals surface area contributed by atoms with Gasteiger partial charge in [0, 0.05) is 6.07 Å². The molecule has 132 valence electrons. The van der Waals surface area contributed by atoms with Crippen LogP contribution in [-0.4, -0.2) is 5.11 Å². The number of benzene rings is 3. The summed E-state index contributed by atoms with van der Waals surface area (Å²) in [5.74, 6) is -1.32. The lowest BCUT2D eigenvalue weighted by atomic mass is 9.98. The van der Waals surface area contributed by atoms with Crippen LogP contribution in [0.5, 0.6) is 0 Å². The standard InChI is InChI=1S/C21H18F2N2S/c1-14-7-9-16(10-8-14)20(15-5-3-2-4-6-15)25-21(26)24-19-12-11-17(22)13-18(19)23/h2-13,20H,1H3,(H2,24,25,26). The van der Waals surface area contributed by atoms with Crippen LogP contribution in [0.4, 0.5) is 14.5 Å². The third-order valence-electron chi connectivity index (χ3n) is 4.00. The van der Waals surface area contributed by atoms with Crippen LogP contribution >= 0.6 is 12.2 Å². The number of thiocarbonyl (C=S) groups is 1. The average Bonchev–Trinajstić information content (AvgIpc) is 2.64. The maximum Gasteiger partial charge on any atom is 0.171 e. The summed E-state index contributed by atoms with van der Waals surface area (Å²) >= 11 is 5.35. The molecule has 0 heterocycles. The van der Waals surface area contributed by atoms with Crippen molar-refractivity contribution >= 4 is 23.0 Å². The summed E-state index contributed by atoms with van der Waals surface area (Å²) in [5.41, 5.74) is 3.35. The predicted octanol–water partition coefficient (Wildman–Crippen LogP) is 5.35. The third-order valence-corrected chi connectivity index (χ3v) is 4.22. The van der Waals surface area contributed by atoms with Gasteiger partial charge in [0.05, 0.1) is 11.7 Å². The van der Waals surface area contributed by atoms with E-state index in [1.54, 1.807) is 0 Å². The quantitative estimate of drug-likeness (QED) is 0.607. The van der Waals surface area contributed by atoms with Crippen LogP contribution in [-0.2, 0) is 0 Å². The first kappa shape index (κ1) is 18.0. The molecule has 0 saturated carbocycles. The van der Waals surface area contributed by atoms with Gasteiger partial charge in [-0.25, -0.2) is 8.78 Å². The number of rotatable bonds is 4. The molecule has 0 aliphatic heterocycles. The lowest BCUT2D eigenvalue weighted by Gasteiger charge is -2.22. The van der Waals surface area contributed by atoms with Gasteiger partial charge in [-0.15, -0.1) is 0 Å². The van der Waals surface area contributed by atoms with Crippen LogP contribution in [0.2, 0.25) is 0 Å². The maximum absolute atomic E-state index is 13.8. The fourth-order valence-electron chi connectivity index (χ4n) is 2.64. The van der Waals surface area contributed by atoms with Crippen LogP contribution in [0.25, 0.3) is 0 Å². The second kappa shape index (κ2) is 8.06. The van der Waals surface area contributed by atoms with Crippen molar-refractivity contribution in [2.75, 3.05) is 5.32 Å². The zero-order chi connectivity index (χ0) is 18.5. The molecule has 3 aromatic carbocycles. The molecule has 5 heteroatoms. The van der Waals surface area contributed by atoms with Crippen molar-refractivity contribution in [3.05, 3.63) is 101 Å². The average molecular weight is 368 g/mol. The van der Waals surface area contributed by atoms with Crippen molar-refractivity contribution in [3.63, 3.8) is 0 Å². The van der Waals surface area contributed by atoms with Crippen LogP contribution in [0, 0.1) is 18.6 Å². The molecular formula is C21H18F2N2S. The molecule has 0 fully saturated rings. The van der Waals surface area contributed by atoms with Gasteiger partial charge in [-0.3, -0.25) is 0 Å². The Kier molecular flexibility index (Phi) is 5.58. The van der Waals surface area contributed by atoms with Gasteiger partial charge in [0.1, 0.15) is 11.6 Å². The van der Waals surface area contributed by atoms with Crippen LogP contribution in [0.3, 0.4) is 0 Å². The zero-order valence-corrected chi connectivity index (χ0v) is 15.0. The number of aryl methyl sites for hydroxylation is 1. The Bertz CT molecular complexity index is 896. The van der Waals surface area contributed by atoms with E-state index in [-0.39, 0.29) is 16.8 Å². The molecule has 0 amide bonds. The molecule has 1 atom stereocenters. The SMILES string of the molecule is Cc1ccc(C(NC(=S)Nc2ccc(F)cc2F)c2ccccc2)cc1. The molecular weight excluding hydrogens is 350 g/mol. The van der Waals surface area contributed by atoms with E-state index < -0.39 is 11.6 Å². The van der Waals surface area contributed by atoms with E-state index in [1.165, 1.54) is 12.1 Å². The monoisotopic (exact) mass is 368 g/mol. The highest BCUT2D eigenvalue weighted by Crippen LogP contribution is 2.23. The number of halogens is 2. The normalized spacial score (nSPS) is 11.7. The van der Waals surface area contributed by atoms with Gasteiger partial charge in [0.2, 0.25) is 0 Å². The van der Waals surface area contributed by atoms with Crippen molar-refractivity contribution in [1.29, 1.82) is 0 Å². The van der Waals surface area contributed by atoms with E-state index >= 15 is 0 Å². The molecule has 1 unspecified atom stereocenters. The fraction of sp³-hybridized carbons (Fsp3) is 0.0952. The molecule has 0 aliphatic rings. The Morgan fingerprint density at radius 1 is 0.885 bits per heavy atom. The first-order valence-electron chi connectivity index (χ1n) is 8.17. The molecule has 0 saturated heterocycles. The second-order valence-electron chi connectivity index (χ2n) is 5.98. The van der Waals surface area contributed by atoms with E-state index in [9.17, 15) is 8.78 Å². The van der Waals surface area contributed by atoms with Gasteiger partial charge >= 0.3 is 0 Å². The minimum absolute atomic E-state index is 0.125. The largest absolute Gasteiger partial charge is 0.352 e. The van der Waals surface area contributed by atoms with E-state index in [2.05, 4.69) is 10.6 Å². The number of anilines is 1. The van der Waals surface area contributed by atoms with Gasteiger partial charge in [-0.1, -0.05) is 60.2 Å². The highest BCUT2D eigenvalue weighted by atomic mass is 32.1. The molecule has 3 aromatic rings. The van der Waals surface area contributed by atoms with Crippen molar-refractivity contribution in [3.8, 4) is 0 Å². The third kappa shape index (κ3) is 4.43. The van der Waals surface area contributed by atoms with Crippen molar-refractivity contribution in [1.82, 2.24) is 5.32 Å². The molecule has 2 nitrogen and oxygen atoms in total. The zero-order valence-electron chi connectivity index (χ0n) is 14.2. The van der Waals surface area contributed by atoms with Crippen LogP contribution in [0.1, 0.15) is 22.7 Å². The van der Waals surface area contributed by atoms with Crippen molar-refractivity contribution in [2.24, 2.45) is 0 Å². The molecule has 3 rings (SSSR count). The lowest BCUT2D eigenvalue weighted by molar-refractivity contribution is 0.586. The molecule has 2 N–H and O–H groups in total. The number of hydrogen-bond donors (Lipinski definition) is 2. The van der Waals surface area contributed by atoms with Gasteiger partial charge in [-0.2, -0.15) is 0 Å². The highest BCUT2D eigenvalue weighted by Gasteiger charge is 2.16. The minimum atomic E-state index is -0.694. The first-order valence-corrected chi connectivity index (χ1v) is 8.58. The Balaban J connectivity index is 1.83. The van der Waals surface area contributed by atoms with Gasteiger partial charge in [-0.05, 0) is 42.4 Å². The van der Waals surface area contributed by atoms with Crippen molar-refractivity contribution in [2.45, 2.75) is 13.0 Å². The number of hydrogen-bond acceptors (Lipinski definition) is 1. The van der Waals surface area contributed by atoms with E-state index in [0.29, 0.717) is 0 Å². The Morgan fingerprint density at radius 3 is 2.19 bits per heavy atom. The summed E-state index contributed by atoms with van der Waals surface area (Å²) in [6.45, 7) is 2.03. The Hall–Kier alpha value is -2.79. The summed E-state index contributed by atoms with van der Waals surface area (Å²) < 4.78 is 26.9. The van der Waals surface area contributed by atoms with E-state index in [0.717, 1.165) is 22.8 Å². The molecule has 0 aromatic heterocycles. The Labute approximate surface area is 156 Å². The fourth-order valence-corrected chi connectivity index (χ4v) is 2.87. The summed E-state index contributed by atoms with van der Waals surface area (Å²) in [6.07, 6.45) is 0. The van der Waals surface area contributed by atoms with Gasteiger partial charge < -0.3 is 10.6 Å². The summed E-state index contributed by atoms with van der Waals surface area (Å²) in [5, 5.41) is 6.27. The van der Waals surface area contributed by atoms with E-state index in [1.807, 2.05) is 61.5 Å². The highest BCUT2D eigenvalue weighted by molar-refractivity contribution is 7.80. The molecule has 0 aliphatic carbocycles. The summed E-state index contributed by atoms with van der Waals surface area (Å²) in [6, 6.07) is 21.1. The Morgan fingerprint density at radius 2 is 1.54 bits per heavy atom. The van der Waals surface area contributed by atoms with Gasteiger partial charge in [0.25, 0.3) is 0 Å². The molecule has 0 spiro atoms. The summed E-state index contributed by atoms with van der Waals surface area (Å²) in [4.78, 5) is 0. The second-order valence-corrected chi connectivity index (χ2v) is 6.39. The van der Waals surface area contributed by atoms with Crippen LogP contribution < -0.4 is 10.6 Å². The predicted molar refractivity (Wildman–Crippen MR) is 105 cm³/mol. The minimum Gasteiger partial charge on any atom is -0.352 e. The number of nitrogens with one attached hydrogen (secondary N) is 2. The molecule has 26 heavy (non-hydrogen) atoms. The van der Waals surface area contributed by atoms with E-state index in [4.69, 9.17) is 12.2 Å². The summed E-state index contributed by atoms with van der Waals surface area (Å²) in [7, 11) is 0. The lowest BCUT2D eigenvalue weighted by Crippen LogP contribution is -2.33. The van der Waals surface area contributed by atoms with Gasteiger partial charge in [0.15, 0.2) is 5.11 Å². The molecule has 0 radical (unpaired) electrons. The topological polar surface area (TPSA) is 24.1 Å². The smallest absolute Gasteiger partial charge is 0.171 e. The van der Waals surface area contributed by atoms with Crippen molar-refractivity contribution < 1.29 is 8.78 Å². The molecule has 0 bridgehead atoms. The first-order chi connectivity index (χ1) is 12.5. The maximum atomic E-state index is 13.8. The van der Waals surface area contributed by atoms with Crippen LogP contribution in [0.15, 0.2) is 72.8 Å².